The number of rotatable bonds is 8. The summed E-state index contributed by atoms with van der Waals surface area (Å²) in [6.45, 7) is 0.752. The fourth-order valence-electron chi connectivity index (χ4n) is 6.39. The van der Waals surface area contributed by atoms with Gasteiger partial charge in [-0.2, -0.15) is 5.26 Å². The van der Waals surface area contributed by atoms with Crippen LogP contribution in [-0.4, -0.2) is 18.2 Å². The average molecular weight is 616 g/mol. The first kappa shape index (κ1) is 30.1. The Morgan fingerprint density at radius 1 is 0.646 bits per heavy atom. The van der Waals surface area contributed by atoms with Crippen molar-refractivity contribution < 1.29 is 0 Å². The third-order valence-corrected chi connectivity index (χ3v) is 8.77. The Labute approximate surface area is 281 Å². The number of para-hydroxylation sites is 1. The van der Waals surface area contributed by atoms with Crippen LogP contribution in [0.25, 0.3) is 60.9 Å². The van der Waals surface area contributed by atoms with Crippen LogP contribution in [0.2, 0.25) is 0 Å². The SMILES string of the molecule is C#C/C=C\C=C/CN(C)c1ccc(-c2ccc3c4ccccc4n(-c4cccc(-c5ccc(C#N)cc5)c4)c3c2)cc1-c1ccccc1. The second-order valence-electron chi connectivity index (χ2n) is 11.8. The van der Waals surface area contributed by atoms with Crippen molar-refractivity contribution in [3.05, 3.63) is 169 Å². The number of terminal acetylenes is 1. The van der Waals surface area contributed by atoms with Gasteiger partial charge in [0.1, 0.15) is 0 Å². The van der Waals surface area contributed by atoms with Gasteiger partial charge in [-0.1, -0.05) is 115 Å². The minimum Gasteiger partial charge on any atom is -0.370 e. The van der Waals surface area contributed by atoms with Gasteiger partial charge >= 0.3 is 0 Å². The van der Waals surface area contributed by atoms with E-state index in [1.165, 1.54) is 21.9 Å². The van der Waals surface area contributed by atoms with E-state index in [0.717, 1.165) is 51.2 Å². The third-order valence-electron chi connectivity index (χ3n) is 8.77. The summed E-state index contributed by atoms with van der Waals surface area (Å²) in [5.74, 6) is 2.53. The van der Waals surface area contributed by atoms with E-state index in [1.54, 1.807) is 6.08 Å². The normalized spacial score (nSPS) is 11.3. The highest BCUT2D eigenvalue weighted by Crippen LogP contribution is 2.38. The topological polar surface area (TPSA) is 32.0 Å². The molecule has 1 aromatic heterocycles. The van der Waals surface area contributed by atoms with Crippen LogP contribution in [0.1, 0.15) is 5.56 Å². The number of allylic oxidation sites excluding steroid dienone is 3. The summed E-state index contributed by atoms with van der Waals surface area (Å²) in [6, 6.07) is 51.4. The Kier molecular flexibility index (Phi) is 8.43. The van der Waals surface area contributed by atoms with Crippen molar-refractivity contribution >= 4 is 27.5 Å². The lowest BCUT2D eigenvalue weighted by molar-refractivity contribution is 1.03. The summed E-state index contributed by atoms with van der Waals surface area (Å²) in [7, 11) is 2.12. The van der Waals surface area contributed by atoms with Crippen molar-refractivity contribution in [2.75, 3.05) is 18.5 Å². The molecule has 0 aliphatic carbocycles. The van der Waals surface area contributed by atoms with Crippen LogP contribution in [-0.2, 0) is 0 Å². The zero-order valence-electron chi connectivity index (χ0n) is 26.7. The molecule has 0 saturated heterocycles. The molecule has 228 valence electrons. The van der Waals surface area contributed by atoms with Gasteiger partial charge in [0, 0.05) is 41.3 Å². The molecule has 0 amide bonds. The number of anilines is 1. The maximum absolute atomic E-state index is 9.28. The maximum atomic E-state index is 9.28. The number of likely N-dealkylation sites (N-methyl/N-ethyl adjacent to an activating group) is 1. The lowest BCUT2D eigenvalue weighted by Gasteiger charge is -2.22. The standard InChI is InChI=1S/C45H33N3/c1-3-4-5-6-12-28-47(2)43-27-25-37(30-42(43)35-14-8-7-9-15-35)38-24-26-41-40-18-10-11-19-44(40)48(45(41)31-38)39-17-13-16-36(29-39)34-22-20-33(32-46)21-23-34/h1,4-27,29-31H,28H2,2H3/b5-4-,12-6-. The molecular formula is C45H33N3. The van der Waals surface area contributed by atoms with Gasteiger partial charge in [-0.3, -0.25) is 0 Å². The summed E-state index contributed by atoms with van der Waals surface area (Å²) >= 11 is 0. The molecule has 0 aliphatic rings. The summed E-state index contributed by atoms with van der Waals surface area (Å²) in [5.41, 5.74) is 12.1. The van der Waals surface area contributed by atoms with Crippen molar-refractivity contribution in [2.45, 2.75) is 0 Å². The van der Waals surface area contributed by atoms with Crippen LogP contribution in [0.4, 0.5) is 5.69 Å². The van der Waals surface area contributed by atoms with E-state index in [4.69, 9.17) is 6.42 Å². The number of hydrogen-bond donors (Lipinski definition) is 0. The quantitative estimate of drug-likeness (QED) is 0.126. The Bertz CT molecular complexity index is 2390. The molecule has 7 aromatic rings. The fourth-order valence-corrected chi connectivity index (χ4v) is 6.39. The molecule has 0 spiro atoms. The van der Waals surface area contributed by atoms with Gasteiger partial charge in [0.25, 0.3) is 0 Å². The number of nitrogens with zero attached hydrogens (tertiary/aromatic N) is 3. The Morgan fingerprint density at radius 2 is 1.33 bits per heavy atom. The van der Waals surface area contributed by atoms with E-state index in [0.29, 0.717) is 5.56 Å². The molecule has 3 nitrogen and oxygen atoms in total. The van der Waals surface area contributed by atoms with Gasteiger partial charge in [-0.15, -0.1) is 6.42 Å². The zero-order valence-corrected chi connectivity index (χ0v) is 26.7. The van der Waals surface area contributed by atoms with Crippen LogP contribution in [0.3, 0.4) is 0 Å². The smallest absolute Gasteiger partial charge is 0.0991 e. The van der Waals surface area contributed by atoms with E-state index in [1.807, 2.05) is 36.4 Å². The van der Waals surface area contributed by atoms with Crippen molar-refractivity contribution in [1.29, 1.82) is 5.26 Å². The first-order valence-electron chi connectivity index (χ1n) is 16.0. The highest BCUT2D eigenvalue weighted by atomic mass is 15.1. The van der Waals surface area contributed by atoms with Crippen LogP contribution < -0.4 is 4.90 Å². The van der Waals surface area contributed by atoms with Gasteiger partial charge in [0.15, 0.2) is 0 Å². The van der Waals surface area contributed by atoms with Crippen molar-refractivity contribution in [1.82, 2.24) is 4.57 Å². The summed E-state index contributed by atoms with van der Waals surface area (Å²) in [5, 5.41) is 11.7. The van der Waals surface area contributed by atoms with Gasteiger partial charge in [0.05, 0.1) is 22.7 Å². The molecule has 0 fully saturated rings. The van der Waals surface area contributed by atoms with Crippen LogP contribution >= 0.6 is 0 Å². The van der Waals surface area contributed by atoms with Crippen LogP contribution in [0, 0.1) is 23.7 Å². The minimum atomic E-state index is 0.658. The molecule has 0 N–H and O–H groups in total. The highest BCUT2D eigenvalue weighted by Gasteiger charge is 2.16. The number of nitriles is 1. The van der Waals surface area contributed by atoms with Gasteiger partial charge < -0.3 is 9.47 Å². The molecule has 0 bridgehead atoms. The highest BCUT2D eigenvalue weighted by molar-refractivity contribution is 6.10. The van der Waals surface area contributed by atoms with E-state index in [-0.39, 0.29) is 0 Å². The second-order valence-corrected chi connectivity index (χ2v) is 11.8. The van der Waals surface area contributed by atoms with Crippen molar-refractivity contribution in [3.8, 4) is 57.5 Å². The number of benzene rings is 6. The van der Waals surface area contributed by atoms with Gasteiger partial charge in [0.2, 0.25) is 0 Å². The van der Waals surface area contributed by atoms with Crippen molar-refractivity contribution in [2.24, 2.45) is 0 Å². The number of aromatic nitrogens is 1. The largest absolute Gasteiger partial charge is 0.370 e. The van der Waals surface area contributed by atoms with Gasteiger partial charge in [-0.05, 0) is 82.4 Å². The van der Waals surface area contributed by atoms with E-state index in [9.17, 15) is 5.26 Å². The molecule has 0 saturated carbocycles. The summed E-state index contributed by atoms with van der Waals surface area (Å²) in [4.78, 5) is 2.26. The zero-order chi connectivity index (χ0) is 32.9. The lowest BCUT2D eigenvalue weighted by Crippen LogP contribution is -2.17. The molecule has 0 unspecified atom stereocenters. The number of hydrogen-bond acceptors (Lipinski definition) is 2. The monoisotopic (exact) mass is 615 g/mol. The Morgan fingerprint density at radius 3 is 2.15 bits per heavy atom. The molecule has 0 atom stereocenters. The molecule has 48 heavy (non-hydrogen) atoms. The Balaban J connectivity index is 1.34. The molecule has 3 heteroatoms. The van der Waals surface area contributed by atoms with E-state index >= 15 is 0 Å². The first-order chi connectivity index (χ1) is 23.6. The fraction of sp³-hybridized carbons (Fsp3) is 0.0444. The van der Waals surface area contributed by atoms with E-state index < -0.39 is 0 Å². The van der Waals surface area contributed by atoms with Gasteiger partial charge in [-0.25, -0.2) is 0 Å². The predicted octanol–water partition coefficient (Wildman–Crippen LogP) is 10.8. The minimum absolute atomic E-state index is 0.658. The van der Waals surface area contributed by atoms with E-state index in [2.05, 4.69) is 150 Å². The summed E-state index contributed by atoms with van der Waals surface area (Å²) in [6.07, 6.45) is 13.0. The molecule has 0 radical (unpaired) electrons. The van der Waals surface area contributed by atoms with Crippen molar-refractivity contribution in [3.63, 3.8) is 0 Å². The second kappa shape index (κ2) is 13.4. The molecular weight excluding hydrogens is 583 g/mol. The number of fused-ring (bicyclic) bond motifs is 3. The molecule has 1 heterocycles. The molecule has 7 rings (SSSR count). The first-order valence-corrected chi connectivity index (χ1v) is 16.0. The summed E-state index contributed by atoms with van der Waals surface area (Å²) < 4.78 is 2.36. The van der Waals surface area contributed by atoms with Crippen LogP contribution in [0.15, 0.2) is 164 Å². The third kappa shape index (κ3) is 5.90. The molecule has 0 aliphatic heterocycles. The Hall–Kier alpha value is -6.55. The predicted molar refractivity (Wildman–Crippen MR) is 202 cm³/mol. The van der Waals surface area contributed by atoms with Crippen LogP contribution in [0.5, 0.6) is 0 Å². The average Bonchev–Trinajstić information content (AvgIpc) is 3.48. The lowest BCUT2D eigenvalue weighted by atomic mass is 9.96. The molecule has 6 aromatic carbocycles. The maximum Gasteiger partial charge on any atom is 0.0991 e.